The van der Waals surface area contributed by atoms with E-state index in [0.29, 0.717) is 22.9 Å². The van der Waals surface area contributed by atoms with Gasteiger partial charge in [-0.15, -0.1) is 0 Å². The van der Waals surface area contributed by atoms with E-state index in [1.54, 1.807) is 29.2 Å². The monoisotopic (exact) mass is 447 g/mol. The largest absolute Gasteiger partial charge is 0.375 e. The van der Waals surface area contributed by atoms with Crippen molar-refractivity contribution in [2.24, 2.45) is 0 Å². The number of halogens is 2. The second kappa shape index (κ2) is 8.29. The van der Waals surface area contributed by atoms with Crippen LogP contribution in [-0.4, -0.2) is 66.5 Å². The van der Waals surface area contributed by atoms with Crippen molar-refractivity contribution in [1.82, 2.24) is 9.80 Å². The fourth-order valence-electron chi connectivity index (χ4n) is 4.05. The quantitative estimate of drug-likeness (QED) is 0.713. The standard InChI is InChI=1S/C22H23Cl2N3O3/c1-25-8-10-26(11-9-25)14-27-19-5-3-2-4-17(19)22(30,21(27)29)13-20(28)16-7-6-15(23)12-18(16)24/h2-7,12,30H,8-11,13-14H2,1H3. The number of anilines is 1. The Morgan fingerprint density at radius 2 is 1.80 bits per heavy atom. The fourth-order valence-corrected chi connectivity index (χ4v) is 4.56. The maximum Gasteiger partial charge on any atom is 0.265 e. The highest BCUT2D eigenvalue weighted by atomic mass is 35.5. The van der Waals surface area contributed by atoms with Crippen LogP contribution in [0.15, 0.2) is 42.5 Å². The van der Waals surface area contributed by atoms with E-state index in [0.717, 1.165) is 26.2 Å². The lowest BCUT2D eigenvalue weighted by atomic mass is 9.88. The van der Waals surface area contributed by atoms with Gasteiger partial charge in [0.05, 0.1) is 23.8 Å². The molecule has 0 aliphatic carbocycles. The molecule has 1 amide bonds. The maximum absolute atomic E-state index is 13.4. The number of likely N-dealkylation sites (N-methyl/N-ethyl adjacent to an activating group) is 1. The molecule has 1 saturated heterocycles. The molecule has 0 bridgehead atoms. The number of Topliss-reactive ketones (excluding diaryl/α,β-unsaturated/α-hetero) is 1. The van der Waals surface area contributed by atoms with E-state index < -0.39 is 17.3 Å². The minimum absolute atomic E-state index is 0.198. The van der Waals surface area contributed by atoms with Gasteiger partial charge in [-0.05, 0) is 31.3 Å². The van der Waals surface area contributed by atoms with Gasteiger partial charge in [0.1, 0.15) is 0 Å². The minimum Gasteiger partial charge on any atom is -0.375 e. The van der Waals surface area contributed by atoms with Gasteiger partial charge < -0.3 is 10.0 Å². The van der Waals surface area contributed by atoms with Gasteiger partial charge in [0.25, 0.3) is 5.91 Å². The van der Waals surface area contributed by atoms with Gasteiger partial charge in [-0.2, -0.15) is 0 Å². The number of amides is 1. The molecule has 0 spiro atoms. The lowest BCUT2D eigenvalue weighted by molar-refractivity contribution is -0.136. The number of hydrogen-bond acceptors (Lipinski definition) is 5. The van der Waals surface area contributed by atoms with Crippen molar-refractivity contribution < 1.29 is 14.7 Å². The summed E-state index contributed by atoms with van der Waals surface area (Å²) in [6.45, 7) is 3.88. The highest BCUT2D eigenvalue weighted by Gasteiger charge is 2.51. The van der Waals surface area contributed by atoms with Crippen LogP contribution in [0.2, 0.25) is 10.0 Å². The smallest absolute Gasteiger partial charge is 0.265 e. The van der Waals surface area contributed by atoms with Crippen LogP contribution >= 0.6 is 23.2 Å². The number of aliphatic hydroxyl groups is 1. The summed E-state index contributed by atoms with van der Waals surface area (Å²) in [7, 11) is 2.07. The molecule has 6 nitrogen and oxygen atoms in total. The Morgan fingerprint density at radius 3 is 2.50 bits per heavy atom. The predicted molar refractivity (Wildman–Crippen MR) is 117 cm³/mol. The molecule has 2 heterocycles. The molecule has 1 atom stereocenters. The van der Waals surface area contributed by atoms with Crippen LogP contribution < -0.4 is 4.90 Å². The second-order valence-corrected chi connectivity index (χ2v) is 8.74. The van der Waals surface area contributed by atoms with Gasteiger partial charge in [0.15, 0.2) is 11.4 Å². The molecular weight excluding hydrogens is 425 g/mol. The molecule has 1 fully saturated rings. The van der Waals surface area contributed by atoms with Crippen LogP contribution in [0.25, 0.3) is 0 Å². The van der Waals surface area contributed by atoms with Crippen LogP contribution in [0.1, 0.15) is 22.3 Å². The Labute approximate surface area is 185 Å². The third kappa shape index (κ3) is 3.86. The molecule has 2 aromatic carbocycles. The molecule has 2 aliphatic heterocycles. The minimum atomic E-state index is -1.93. The number of carbonyl (C=O) groups excluding carboxylic acids is 2. The van der Waals surface area contributed by atoms with Gasteiger partial charge in [-0.1, -0.05) is 41.4 Å². The number of carbonyl (C=O) groups is 2. The fraction of sp³-hybridized carbons (Fsp3) is 0.364. The SMILES string of the molecule is CN1CCN(CN2C(=O)C(O)(CC(=O)c3ccc(Cl)cc3Cl)c3ccccc32)CC1. The molecule has 0 radical (unpaired) electrons. The number of piperazine rings is 1. The number of rotatable bonds is 5. The van der Waals surface area contributed by atoms with Gasteiger partial charge in [0, 0.05) is 42.3 Å². The van der Waals surface area contributed by atoms with E-state index in [1.165, 1.54) is 12.1 Å². The summed E-state index contributed by atoms with van der Waals surface area (Å²) in [5.74, 6) is -0.898. The molecule has 8 heteroatoms. The Morgan fingerprint density at radius 1 is 1.10 bits per heavy atom. The van der Waals surface area contributed by atoms with E-state index >= 15 is 0 Å². The molecule has 1 unspecified atom stereocenters. The molecule has 30 heavy (non-hydrogen) atoms. The van der Waals surface area contributed by atoms with Crippen LogP contribution in [-0.2, 0) is 10.4 Å². The molecular formula is C22H23Cl2N3O3. The van der Waals surface area contributed by atoms with Crippen LogP contribution in [0, 0.1) is 0 Å². The zero-order valence-electron chi connectivity index (χ0n) is 16.6. The number of para-hydroxylation sites is 1. The first-order valence-electron chi connectivity index (χ1n) is 9.82. The van der Waals surface area contributed by atoms with Crippen LogP contribution in [0.5, 0.6) is 0 Å². The van der Waals surface area contributed by atoms with E-state index in [4.69, 9.17) is 23.2 Å². The van der Waals surface area contributed by atoms with Crippen molar-refractivity contribution in [3.8, 4) is 0 Å². The van der Waals surface area contributed by atoms with Crippen LogP contribution in [0.3, 0.4) is 0 Å². The molecule has 0 aromatic heterocycles. The Kier molecular flexibility index (Phi) is 5.88. The Hall–Kier alpha value is -1.96. The van der Waals surface area contributed by atoms with Gasteiger partial charge in [-0.3, -0.25) is 19.4 Å². The number of fused-ring (bicyclic) bond motifs is 1. The van der Waals surface area contributed by atoms with Gasteiger partial charge >= 0.3 is 0 Å². The highest BCUT2D eigenvalue weighted by Crippen LogP contribution is 2.43. The van der Waals surface area contributed by atoms with Crippen molar-refractivity contribution >= 4 is 40.6 Å². The first-order valence-corrected chi connectivity index (χ1v) is 10.6. The summed E-state index contributed by atoms with van der Waals surface area (Å²) in [6.07, 6.45) is -0.385. The highest BCUT2D eigenvalue weighted by molar-refractivity contribution is 6.37. The summed E-state index contributed by atoms with van der Waals surface area (Å²) in [5, 5.41) is 12.0. The van der Waals surface area contributed by atoms with Gasteiger partial charge in [0.2, 0.25) is 0 Å². The molecule has 1 N–H and O–H groups in total. The van der Waals surface area contributed by atoms with Crippen molar-refractivity contribution in [2.75, 3.05) is 44.8 Å². The average Bonchev–Trinajstić information content (AvgIpc) is 2.91. The van der Waals surface area contributed by atoms with E-state index in [9.17, 15) is 14.7 Å². The second-order valence-electron chi connectivity index (χ2n) is 7.90. The summed E-state index contributed by atoms with van der Waals surface area (Å²) in [4.78, 5) is 32.3. The van der Waals surface area contributed by atoms with Crippen molar-refractivity contribution in [3.05, 3.63) is 63.6 Å². The van der Waals surface area contributed by atoms with Crippen molar-refractivity contribution in [2.45, 2.75) is 12.0 Å². The third-order valence-corrected chi connectivity index (χ3v) is 6.37. The zero-order chi connectivity index (χ0) is 21.5. The number of hydrogen-bond donors (Lipinski definition) is 1. The lowest BCUT2D eigenvalue weighted by Crippen LogP contribution is -2.51. The molecule has 0 saturated carbocycles. The van der Waals surface area contributed by atoms with E-state index in [2.05, 4.69) is 16.8 Å². The van der Waals surface area contributed by atoms with Crippen LogP contribution in [0.4, 0.5) is 5.69 Å². The Balaban J connectivity index is 1.61. The summed E-state index contributed by atoms with van der Waals surface area (Å²) in [5.41, 5.74) is -0.609. The van der Waals surface area contributed by atoms with E-state index in [1.807, 2.05) is 6.07 Å². The van der Waals surface area contributed by atoms with Crippen molar-refractivity contribution in [3.63, 3.8) is 0 Å². The van der Waals surface area contributed by atoms with Gasteiger partial charge in [-0.25, -0.2) is 0 Å². The number of benzene rings is 2. The summed E-state index contributed by atoms with van der Waals surface area (Å²) >= 11 is 12.1. The molecule has 4 rings (SSSR count). The predicted octanol–water partition coefficient (Wildman–Crippen LogP) is 3.01. The molecule has 158 valence electrons. The number of ketones is 1. The first-order chi connectivity index (χ1) is 14.3. The molecule has 2 aliphatic rings. The molecule has 2 aromatic rings. The first kappa shape index (κ1) is 21.3. The third-order valence-electron chi connectivity index (χ3n) is 5.82. The summed E-state index contributed by atoms with van der Waals surface area (Å²) in [6, 6.07) is 11.7. The average molecular weight is 448 g/mol. The zero-order valence-corrected chi connectivity index (χ0v) is 18.2. The lowest BCUT2D eigenvalue weighted by Gasteiger charge is -2.35. The Bertz CT molecular complexity index is 991. The summed E-state index contributed by atoms with van der Waals surface area (Å²) < 4.78 is 0. The maximum atomic E-state index is 13.4. The number of nitrogens with zero attached hydrogens (tertiary/aromatic N) is 3. The topological polar surface area (TPSA) is 64.1 Å². The van der Waals surface area contributed by atoms with E-state index in [-0.39, 0.29) is 17.0 Å². The normalized spacial score (nSPS) is 22.4. The van der Waals surface area contributed by atoms with Crippen molar-refractivity contribution in [1.29, 1.82) is 0 Å².